The van der Waals surface area contributed by atoms with Crippen molar-refractivity contribution in [2.24, 2.45) is 0 Å². The van der Waals surface area contributed by atoms with Crippen LogP contribution in [0.2, 0.25) is 0 Å². The first kappa shape index (κ1) is 17.3. The van der Waals surface area contributed by atoms with E-state index in [9.17, 15) is 10.4 Å². The molecule has 2 aromatic heterocycles. The number of benzene rings is 1. The molecule has 0 atom stereocenters. The minimum absolute atomic E-state index is 0.0519. The standard InChI is InChI=1S/C20H21N5O2/c21-12-16(20-22-17-5-1-2-6-18(17)23-20)19(26)14-25-9-7-24(8-10-25)13-15-4-3-11-27-15/h1-6,11,26H,7-10,13-14H2,(H,22,23)/b19-16-. The number of furan rings is 1. The van der Waals surface area contributed by atoms with Gasteiger partial charge in [0.05, 0.1) is 30.4 Å². The lowest BCUT2D eigenvalue weighted by atomic mass is 10.2. The molecule has 7 heteroatoms. The number of hydrogen-bond acceptors (Lipinski definition) is 6. The topological polar surface area (TPSA) is 92.3 Å². The van der Waals surface area contributed by atoms with Crippen LogP contribution in [0.4, 0.5) is 0 Å². The average Bonchev–Trinajstić information content (AvgIpc) is 3.33. The Morgan fingerprint density at radius 3 is 2.63 bits per heavy atom. The lowest BCUT2D eigenvalue weighted by molar-refractivity contribution is 0.119. The minimum atomic E-state index is 0.0519. The number of aliphatic hydroxyl groups is 1. The summed E-state index contributed by atoms with van der Waals surface area (Å²) < 4.78 is 5.40. The van der Waals surface area contributed by atoms with Crippen molar-refractivity contribution in [2.45, 2.75) is 6.54 Å². The Hall–Kier alpha value is -3.08. The monoisotopic (exact) mass is 363 g/mol. The third kappa shape index (κ3) is 3.87. The first-order valence-electron chi connectivity index (χ1n) is 8.97. The van der Waals surface area contributed by atoms with Gasteiger partial charge >= 0.3 is 0 Å². The highest BCUT2D eigenvalue weighted by molar-refractivity contribution is 5.82. The van der Waals surface area contributed by atoms with Crippen molar-refractivity contribution >= 4 is 16.6 Å². The molecule has 1 aliphatic rings. The molecule has 0 saturated carbocycles. The van der Waals surface area contributed by atoms with Crippen molar-refractivity contribution in [3.8, 4) is 6.07 Å². The second kappa shape index (κ2) is 7.66. The van der Waals surface area contributed by atoms with Crippen LogP contribution in [0.15, 0.2) is 52.8 Å². The number of H-pyrrole nitrogens is 1. The molecule has 0 amide bonds. The number of rotatable bonds is 5. The third-order valence-electron chi connectivity index (χ3n) is 4.82. The molecular formula is C20H21N5O2. The fourth-order valence-corrected chi connectivity index (χ4v) is 3.34. The number of hydrogen-bond donors (Lipinski definition) is 2. The zero-order chi connectivity index (χ0) is 18.6. The summed E-state index contributed by atoms with van der Waals surface area (Å²) in [6.45, 7) is 4.56. The Morgan fingerprint density at radius 2 is 1.93 bits per heavy atom. The van der Waals surface area contributed by atoms with E-state index in [4.69, 9.17) is 4.42 Å². The molecule has 1 saturated heterocycles. The largest absolute Gasteiger partial charge is 0.509 e. The summed E-state index contributed by atoms with van der Waals surface area (Å²) in [5, 5.41) is 20.1. The number of nitriles is 1. The lowest BCUT2D eigenvalue weighted by Crippen LogP contribution is -2.46. The van der Waals surface area contributed by atoms with E-state index in [0.717, 1.165) is 49.5 Å². The molecule has 1 aliphatic heterocycles. The number of para-hydroxylation sites is 2. The number of nitrogens with one attached hydrogen (secondary N) is 1. The van der Waals surface area contributed by atoms with E-state index in [1.165, 1.54) is 0 Å². The molecule has 2 N–H and O–H groups in total. The van der Waals surface area contributed by atoms with Gasteiger partial charge in [0.15, 0.2) is 5.82 Å². The molecule has 4 rings (SSSR count). The van der Waals surface area contributed by atoms with Gasteiger partial charge in [-0.3, -0.25) is 9.80 Å². The van der Waals surface area contributed by atoms with Gasteiger partial charge in [0.2, 0.25) is 0 Å². The maximum atomic E-state index is 10.5. The Bertz CT molecular complexity index is 942. The number of nitrogens with zero attached hydrogens (tertiary/aromatic N) is 4. The van der Waals surface area contributed by atoms with Crippen molar-refractivity contribution in [1.82, 2.24) is 19.8 Å². The van der Waals surface area contributed by atoms with Crippen molar-refractivity contribution in [3.05, 3.63) is 60.0 Å². The van der Waals surface area contributed by atoms with E-state index in [-0.39, 0.29) is 11.3 Å². The molecule has 0 bridgehead atoms. The van der Waals surface area contributed by atoms with Crippen LogP contribution < -0.4 is 0 Å². The van der Waals surface area contributed by atoms with Crippen molar-refractivity contribution < 1.29 is 9.52 Å². The smallest absolute Gasteiger partial charge is 0.152 e. The van der Waals surface area contributed by atoms with E-state index < -0.39 is 0 Å². The van der Waals surface area contributed by atoms with E-state index >= 15 is 0 Å². The zero-order valence-corrected chi connectivity index (χ0v) is 14.9. The lowest BCUT2D eigenvalue weighted by Gasteiger charge is -2.34. The summed E-state index contributed by atoms with van der Waals surface area (Å²) >= 11 is 0. The van der Waals surface area contributed by atoms with Crippen LogP contribution in [-0.2, 0) is 6.54 Å². The van der Waals surface area contributed by atoms with Gasteiger partial charge in [0.1, 0.15) is 23.2 Å². The van der Waals surface area contributed by atoms with Gasteiger partial charge in [0, 0.05) is 26.2 Å². The van der Waals surface area contributed by atoms with Crippen LogP contribution in [0.5, 0.6) is 0 Å². The van der Waals surface area contributed by atoms with Gasteiger partial charge in [-0.15, -0.1) is 0 Å². The van der Waals surface area contributed by atoms with Crippen molar-refractivity contribution in [3.63, 3.8) is 0 Å². The molecule has 7 nitrogen and oxygen atoms in total. The van der Waals surface area contributed by atoms with E-state index in [1.807, 2.05) is 36.4 Å². The van der Waals surface area contributed by atoms with Gasteiger partial charge in [-0.05, 0) is 24.3 Å². The molecule has 138 valence electrons. The van der Waals surface area contributed by atoms with Gasteiger partial charge in [0.25, 0.3) is 0 Å². The van der Waals surface area contributed by atoms with E-state index in [2.05, 4.69) is 25.8 Å². The number of fused-ring (bicyclic) bond motifs is 1. The summed E-state index contributed by atoms with van der Waals surface area (Å²) in [6.07, 6.45) is 1.69. The number of imidazole rings is 1. The number of aromatic nitrogens is 2. The normalized spacial score (nSPS) is 17.0. The highest BCUT2D eigenvalue weighted by Crippen LogP contribution is 2.19. The Morgan fingerprint density at radius 1 is 1.15 bits per heavy atom. The van der Waals surface area contributed by atoms with E-state index in [0.29, 0.717) is 12.4 Å². The highest BCUT2D eigenvalue weighted by atomic mass is 16.3. The molecule has 0 aliphatic carbocycles. The zero-order valence-electron chi connectivity index (χ0n) is 14.9. The predicted molar refractivity (Wildman–Crippen MR) is 102 cm³/mol. The van der Waals surface area contributed by atoms with Crippen LogP contribution in [0.25, 0.3) is 16.6 Å². The molecule has 1 aromatic carbocycles. The predicted octanol–water partition coefficient (Wildman–Crippen LogP) is 2.77. The molecular weight excluding hydrogens is 342 g/mol. The van der Waals surface area contributed by atoms with Crippen molar-refractivity contribution in [2.75, 3.05) is 32.7 Å². The number of aromatic amines is 1. The van der Waals surface area contributed by atoms with Crippen LogP contribution in [0.1, 0.15) is 11.6 Å². The van der Waals surface area contributed by atoms with Crippen LogP contribution in [0, 0.1) is 11.3 Å². The van der Waals surface area contributed by atoms with Gasteiger partial charge in [-0.1, -0.05) is 12.1 Å². The molecule has 3 aromatic rings. The Balaban J connectivity index is 1.41. The van der Waals surface area contributed by atoms with Gasteiger partial charge in [-0.2, -0.15) is 5.26 Å². The SMILES string of the molecule is N#C/C(=C(/O)CN1CCN(Cc2ccco2)CC1)c1nc2ccccc2[nH]1. The molecule has 1 fully saturated rings. The molecule has 3 heterocycles. The van der Waals surface area contributed by atoms with Crippen molar-refractivity contribution in [1.29, 1.82) is 5.26 Å². The molecule has 0 radical (unpaired) electrons. The Kier molecular flexibility index (Phi) is 4.92. The minimum Gasteiger partial charge on any atom is -0.509 e. The molecule has 27 heavy (non-hydrogen) atoms. The Labute approximate surface area is 157 Å². The summed E-state index contributed by atoms with van der Waals surface area (Å²) in [7, 11) is 0. The van der Waals surface area contributed by atoms with Crippen LogP contribution >= 0.6 is 0 Å². The summed E-state index contributed by atoms with van der Waals surface area (Å²) in [5.74, 6) is 1.42. The number of allylic oxidation sites excluding steroid dienone is 1. The first-order valence-corrected chi connectivity index (χ1v) is 8.97. The average molecular weight is 363 g/mol. The van der Waals surface area contributed by atoms with E-state index in [1.54, 1.807) is 6.26 Å². The number of piperazine rings is 1. The maximum Gasteiger partial charge on any atom is 0.152 e. The maximum absolute atomic E-state index is 10.5. The summed E-state index contributed by atoms with van der Waals surface area (Å²) in [4.78, 5) is 12.0. The first-order chi connectivity index (χ1) is 13.2. The highest BCUT2D eigenvalue weighted by Gasteiger charge is 2.21. The number of aliphatic hydroxyl groups excluding tert-OH is 1. The second-order valence-corrected chi connectivity index (χ2v) is 6.67. The van der Waals surface area contributed by atoms with Crippen LogP contribution in [-0.4, -0.2) is 57.6 Å². The fraction of sp³-hybridized carbons (Fsp3) is 0.300. The molecule has 0 unspecified atom stereocenters. The second-order valence-electron chi connectivity index (χ2n) is 6.67. The van der Waals surface area contributed by atoms with Crippen LogP contribution in [0.3, 0.4) is 0 Å². The fourth-order valence-electron chi connectivity index (χ4n) is 3.34. The molecule has 0 spiro atoms. The summed E-state index contributed by atoms with van der Waals surface area (Å²) in [6, 6.07) is 13.5. The third-order valence-corrected chi connectivity index (χ3v) is 4.82. The van der Waals surface area contributed by atoms with Gasteiger partial charge in [-0.25, -0.2) is 4.98 Å². The quantitative estimate of drug-likeness (QED) is 0.535. The summed E-state index contributed by atoms with van der Waals surface area (Å²) in [5.41, 5.74) is 1.82. The van der Waals surface area contributed by atoms with Gasteiger partial charge < -0.3 is 14.5 Å².